The van der Waals surface area contributed by atoms with Gasteiger partial charge in [-0.2, -0.15) is 0 Å². The van der Waals surface area contributed by atoms with Crippen LogP contribution in [0.15, 0.2) is 102 Å². The van der Waals surface area contributed by atoms with Gasteiger partial charge in [0.1, 0.15) is 11.4 Å². The normalized spacial score (nSPS) is 9.44. The Balaban J connectivity index is 0.000000206. The van der Waals surface area contributed by atoms with Gasteiger partial charge in [0.25, 0.3) is 11.5 Å². The number of nitrogens with two attached hydrogens (primary N) is 2. The highest BCUT2D eigenvalue weighted by molar-refractivity contribution is 5.97. The van der Waals surface area contributed by atoms with Crippen LogP contribution in [0.5, 0.6) is 0 Å². The number of benzene rings is 2. The third kappa shape index (κ3) is 7.42. The van der Waals surface area contributed by atoms with Gasteiger partial charge in [0, 0.05) is 18.1 Å². The van der Waals surface area contributed by atoms with Gasteiger partial charge in [0.2, 0.25) is 0 Å². The minimum absolute atomic E-state index is 0. The number of carbonyl (C=O) groups is 2. The van der Waals surface area contributed by atoms with E-state index < -0.39 is 5.91 Å². The number of aromatic amines is 1. The molecule has 9 heteroatoms. The SMILES string of the molecule is C.NC(=O)c1ccccc1N.O=Cc1ccccn1.O=c1[nH]c(-c2ccccn2)nc2ccccc12. The number of aromatic nitrogens is 4. The lowest BCUT2D eigenvalue weighted by Gasteiger charge is -2.01. The molecule has 0 radical (unpaired) electrons. The molecule has 182 valence electrons. The van der Waals surface area contributed by atoms with Crippen LogP contribution in [0.25, 0.3) is 22.4 Å². The smallest absolute Gasteiger partial charge is 0.259 e. The van der Waals surface area contributed by atoms with E-state index in [2.05, 4.69) is 19.9 Å². The number of nitrogens with one attached hydrogen (secondary N) is 1. The van der Waals surface area contributed by atoms with Crippen LogP contribution in [0, 0.1) is 0 Å². The Morgan fingerprint density at radius 3 is 2.03 bits per heavy atom. The summed E-state index contributed by atoms with van der Waals surface area (Å²) in [6.45, 7) is 0. The average Bonchev–Trinajstić information content (AvgIpc) is 2.90. The van der Waals surface area contributed by atoms with E-state index in [1.54, 1.807) is 60.9 Å². The third-order valence-electron chi connectivity index (χ3n) is 4.56. The summed E-state index contributed by atoms with van der Waals surface area (Å²) in [5, 5.41) is 0.590. The lowest BCUT2D eigenvalue weighted by molar-refractivity contribution is 0.100. The predicted octanol–water partition coefficient (Wildman–Crippen LogP) is 3.88. The molecule has 0 spiro atoms. The van der Waals surface area contributed by atoms with Crippen molar-refractivity contribution in [1.29, 1.82) is 0 Å². The van der Waals surface area contributed by atoms with Crippen molar-refractivity contribution in [1.82, 2.24) is 19.9 Å². The number of anilines is 1. The molecule has 0 aliphatic rings. The molecule has 0 aliphatic heterocycles. The first-order valence-corrected chi connectivity index (χ1v) is 10.4. The standard InChI is InChI=1S/C13H9N3O.C7H8N2O.C6H5NO.CH4/c17-13-9-5-1-2-6-10(9)15-12(16-13)11-7-3-4-8-14-11;8-6-4-2-1-3-5(6)7(9)10;8-5-6-3-1-2-4-7-6;/h1-8H,(H,15,16,17);1-4H,8H2,(H2,9,10);1-5H;1H4. The summed E-state index contributed by atoms with van der Waals surface area (Å²) in [4.78, 5) is 47.4. The summed E-state index contributed by atoms with van der Waals surface area (Å²) < 4.78 is 0. The molecule has 5 aromatic rings. The van der Waals surface area contributed by atoms with Gasteiger partial charge in [0.05, 0.1) is 16.5 Å². The first kappa shape index (κ1) is 27.1. The number of primary amides is 1. The quantitative estimate of drug-likeness (QED) is 0.260. The molecule has 0 fully saturated rings. The molecular weight excluding hydrogens is 456 g/mol. The largest absolute Gasteiger partial charge is 0.398 e. The predicted molar refractivity (Wildman–Crippen MR) is 141 cm³/mol. The molecular formula is C27H26N6O3. The van der Waals surface area contributed by atoms with Crippen molar-refractivity contribution in [2.45, 2.75) is 7.43 Å². The maximum atomic E-state index is 11.8. The molecule has 1 amide bonds. The van der Waals surface area contributed by atoms with Crippen molar-refractivity contribution in [2.75, 3.05) is 5.73 Å². The molecule has 5 rings (SSSR count). The number of nitrogens with zero attached hydrogens (tertiary/aromatic N) is 3. The minimum Gasteiger partial charge on any atom is -0.398 e. The Morgan fingerprint density at radius 2 is 1.47 bits per heavy atom. The first-order valence-electron chi connectivity index (χ1n) is 10.4. The van der Waals surface area contributed by atoms with E-state index in [4.69, 9.17) is 11.5 Å². The molecule has 2 aromatic carbocycles. The second kappa shape index (κ2) is 13.5. The average molecular weight is 483 g/mol. The van der Waals surface area contributed by atoms with Gasteiger partial charge in [-0.1, -0.05) is 43.8 Å². The minimum atomic E-state index is -0.488. The topological polar surface area (TPSA) is 158 Å². The van der Waals surface area contributed by atoms with E-state index in [1.807, 2.05) is 36.4 Å². The molecule has 3 heterocycles. The summed E-state index contributed by atoms with van der Waals surface area (Å²) in [5.74, 6) is 0.00685. The molecule has 0 bridgehead atoms. The van der Waals surface area contributed by atoms with E-state index in [-0.39, 0.29) is 13.0 Å². The molecule has 0 atom stereocenters. The summed E-state index contributed by atoms with van der Waals surface area (Å²) >= 11 is 0. The van der Waals surface area contributed by atoms with Crippen LogP contribution in [-0.2, 0) is 0 Å². The molecule has 0 aliphatic carbocycles. The molecule has 36 heavy (non-hydrogen) atoms. The fraction of sp³-hybridized carbons (Fsp3) is 0.0370. The summed E-state index contributed by atoms with van der Waals surface area (Å²) in [5.41, 5.74) is 12.9. The Morgan fingerprint density at radius 1 is 0.833 bits per heavy atom. The van der Waals surface area contributed by atoms with Crippen LogP contribution in [0.3, 0.4) is 0 Å². The molecule has 9 nitrogen and oxygen atoms in total. The number of rotatable bonds is 3. The Labute approximate surface area is 207 Å². The van der Waals surface area contributed by atoms with Gasteiger partial charge in [-0.25, -0.2) is 4.98 Å². The van der Waals surface area contributed by atoms with Crippen LogP contribution in [0.2, 0.25) is 0 Å². The van der Waals surface area contributed by atoms with Gasteiger partial charge in [-0.05, 0) is 48.5 Å². The Kier molecular flexibility index (Phi) is 10.2. The number of carbonyl (C=O) groups excluding carboxylic acids is 2. The van der Waals surface area contributed by atoms with Crippen LogP contribution in [0.4, 0.5) is 5.69 Å². The maximum Gasteiger partial charge on any atom is 0.259 e. The Hall–Kier alpha value is -5.18. The second-order valence-corrected chi connectivity index (χ2v) is 6.97. The van der Waals surface area contributed by atoms with E-state index in [9.17, 15) is 14.4 Å². The van der Waals surface area contributed by atoms with Crippen LogP contribution in [0.1, 0.15) is 28.3 Å². The fourth-order valence-electron chi connectivity index (χ4n) is 2.88. The van der Waals surface area contributed by atoms with Gasteiger partial charge in [-0.15, -0.1) is 0 Å². The monoisotopic (exact) mass is 482 g/mol. The highest BCUT2D eigenvalue weighted by atomic mass is 16.1. The van der Waals surface area contributed by atoms with Gasteiger partial charge in [0.15, 0.2) is 12.1 Å². The van der Waals surface area contributed by atoms with E-state index in [0.29, 0.717) is 39.4 Å². The van der Waals surface area contributed by atoms with Gasteiger partial charge >= 0.3 is 0 Å². The summed E-state index contributed by atoms with van der Waals surface area (Å²) in [7, 11) is 0. The summed E-state index contributed by atoms with van der Waals surface area (Å²) in [6, 6.07) is 24.6. The fourth-order valence-corrected chi connectivity index (χ4v) is 2.88. The molecule has 0 unspecified atom stereocenters. The zero-order valence-electron chi connectivity index (χ0n) is 18.5. The molecule has 5 N–H and O–H groups in total. The number of hydrogen-bond donors (Lipinski definition) is 3. The molecule has 3 aromatic heterocycles. The first-order chi connectivity index (χ1) is 17.0. The zero-order chi connectivity index (χ0) is 25.0. The zero-order valence-corrected chi connectivity index (χ0v) is 18.5. The second-order valence-electron chi connectivity index (χ2n) is 6.97. The number of H-pyrrole nitrogens is 1. The number of hydrogen-bond acceptors (Lipinski definition) is 7. The summed E-state index contributed by atoms with van der Waals surface area (Å²) in [6.07, 6.45) is 3.98. The van der Waals surface area contributed by atoms with Crippen molar-refractivity contribution in [3.8, 4) is 11.5 Å². The highest BCUT2D eigenvalue weighted by Gasteiger charge is 2.05. The van der Waals surface area contributed by atoms with Crippen LogP contribution >= 0.6 is 0 Å². The van der Waals surface area contributed by atoms with Crippen molar-refractivity contribution in [3.63, 3.8) is 0 Å². The lowest BCUT2D eigenvalue weighted by Crippen LogP contribution is -2.12. The van der Waals surface area contributed by atoms with Gasteiger partial charge < -0.3 is 16.5 Å². The molecule has 0 saturated carbocycles. The Bertz CT molecular complexity index is 1470. The van der Waals surface area contributed by atoms with Crippen LogP contribution in [-0.4, -0.2) is 32.1 Å². The lowest BCUT2D eigenvalue weighted by atomic mass is 10.2. The molecule has 0 saturated heterocycles. The van der Waals surface area contributed by atoms with Crippen molar-refractivity contribution in [3.05, 3.63) is 119 Å². The van der Waals surface area contributed by atoms with Crippen molar-refractivity contribution in [2.24, 2.45) is 5.73 Å². The maximum absolute atomic E-state index is 11.8. The number of fused-ring (bicyclic) bond motifs is 1. The highest BCUT2D eigenvalue weighted by Crippen LogP contribution is 2.13. The van der Waals surface area contributed by atoms with E-state index >= 15 is 0 Å². The van der Waals surface area contributed by atoms with E-state index in [0.717, 1.165) is 6.29 Å². The number of pyridine rings is 2. The number of nitrogen functional groups attached to an aromatic ring is 1. The number of aldehydes is 1. The number of para-hydroxylation sites is 2. The van der Waals surface area contributed by atoms with Crippen molar-refractivity contribution < 1.29 is 9.59 Å². The van der Waals surface area contributed by atoms with E-state index in [1.165, 1.54) is 0 Å². The van der Waals surface area contributed by atoms with Gasteiger partial charge in [-0.3, -0.25) is 24.4 Å². The number of amides is 1. The third-order valence-corrected chi connectivity index (χ3v) is 4.56. The van der Waals surface area contributed by atoms with Crippen molar-refractivity contribution >= 4 is 28.8 Å². The van der Waals surface area contributed by atoms with Crippen LogP contribution < -0.4 is 17.0 Å².